The van der Waals surface area contributed by atoms with Crippen molar-refractivity contribution in [3.63, 3.8) is 0 Å². The highest BCUT2D eigenvalue weighted by molar-refractivity contribution is 7.92. The monoisotopic (exact) mass is 372 g/mol. The van der Waals surface area contributed by atoms with Crippen molar-refractivity contribution in [2.75, 3.05) is 11.3 Å². The van der Waals surface area contributed by atoms with Gasteiger partial charge in [-0.3, -0.25) is 9.52 Å². The number of carbonyl (C=O) groups excluding carboxylic acids is 1. The van der Waals surface area contributed by atoms with Gasteiger partial charge in [0.05, 0.1) is 4.90 Å². The number of benzene rings is 2. The molecule has 0 radical (unpaired) electrons. The highest BCUT2D eigenvalue weighted by Gasteiger charge is 2.28. The van der Waals surface area contributed by atoms with Crippen LogP contribution in [0, 0.1) is 6.92 Å². The third-order valence-electron chi connectivity index (χ3n) is 3.16. The zero-order chi connectivity index (χ0) is 18.7. The maximum absolute atomic E-state index is 12.3. The molecule has 0 bridgehead atoms. The van der Waals surface area contributed by atoms with Crippen LogP contribution in [-0.4, -0.2) is 27.0 Å². The van der Waals surface area contributed by atoms with Gasteiger partial charge in [0, 0.05) is 11.3 Å². The quantitative estimate of drug-likeness (QED) is 0.847. The number of rotatable bonds is 5. The van der Waals surface area contributed by atoms with E-state index in [0.717, 1.165) is 11.6 Å². The summed E-state index contributed by atoms with van der Waals surface area (Å²) in [6, 6.07) is 11.3. The predicted molar refractivity (Wildman–Crippen MR) is 86.8 cm³/mol. The molecule has 5 nitrogen and oxygen atoms in total. The summed E-state index contributed by atoms with van der Waals surface area (Å²) in [5.74, 6) is -0.950. The molecule has 0 saturated carbocycles. The lowest BCUT2D eigenvalue weighted by Crippen LogP contribution is -2.33. The summed E-state index contributed by atoms with van der Waals surface area (Å²) in [5.41, 5.74) is 0.871. The van der Waals surface area contributed by atoms with Gasteiger partial charge in [0.15, 0.2) is 0 Å². The van der Waals surface area contributed by atoms with Crippen molar-refractivity contribution in [3.8, 4) is 0 Å². The van der Waals surface area contributed by atoms with E-state index < -0.39 is 28.7 Å². The molecule has 0 heterocycles. The first-order valence-corrected chi connectivity index (χ1v) is 8.60. The Balaban J connectivity index is 2.16. The first kappa shape index (κ1) is 18.8. The summed E-state index contributed by atoms with van der Waals surface area (Å²) < 4.78 is 63.3. The van der Waals surface area contributed by atoms with E-state index in [1.54, 1.807) is 17.4 Å². The van der Waals surface area contributed by atoms with Crippen molar-refractivity contribution in [3.05, 3.63) is 59.7 Å². The zero-order valence-electron chi connectivity index (χ0n) is 13.1. The topological polar surface area (TPSA) is 75.3 Å². The molecular formula is C16H15F3N2O3S. The second kappa shape index (κ2) is 7.14. The van der Waals surface area contributed by atoms with E-state index in [-0.39, 0.29) is 16.1 Å². The average Bonchev–Trinajstić information content (AvgIpc) is 2.52. The molecule has 0 aromatic heterocycles. The van der Waals surface area contributed by atoms with Crippen molar-refractivity contribution < 1.29 is 26.4 Å². The highest BCUT2D eigenvalue weighted by atomic mass is 32.2. The van der Waals surface area contributed by atoms with Gasteiger partial charge in [-0.2, -0.15) is 13.2 Å². The van der Waals surface area contributed by atoms with Gasteiger partial charge in [-0.15, -0.1) is 0 Å². The maximum atomic E-state index is 12.3. The lowest BCUT2D eigenvalue weighted by molar-refractivity contribution is -0.123. The van der Waals surface area contributed by atoms with Crippen molar-refractivity contribution in [2.24, 2.45) is 0 Å². The number of aryl methyl sites for hydroxylation is 1. The molecule has 0 fully saturated rings. The Morgan fingerprint density at radius 1 is 1.08 bits per heavy atom. The van der Waals surface area contributed by atoms with E-state index in [1.807, 2.05) is 6.92 Å². The lowest BCUT2D eigenvalue weighted by Gasteiger charge is -2.11. The summed E-state index contributed by atoms with van der Waals surface area (Å²) in [4.78, 5) is 11.8. The summed E-state index contributed by atoms with van der Waals surface area (Å²) in [5, 5.41) is 1.73. The molecule has 0 atom stereocenters. The highest BCUT2D eigenvalue weighted by Crippen LogP contribution is 2.18. The molecule has 0 aliphatic rings. The van der Waals surface area contributed by atoms with Gasteiger partial charge in [0.2, 0.25) is 0 Å². The molecule has 2 aromatic rings. The molecule has 0 aliphatic carbocycles. The fourth-order valence-electron chi connectivity index (χ4n) is 1.94. The second-order valence-electron chi connectivity index (χ2n) is 5.30. The van der Waals surface area contributed by atoms with Crippen LogP contribution >= 0.6 is 0 Å². The Bertz CT molecular complexity index is 863. The molecule has 2 rings (SSSR count). The van der Waals surface area contributed by atoms with Crippen molar-refractivity contribution in [1.82, 2.24) is 5.32 Å². The average molecular weight is 372 g/mol. The molecule has 2 aromatic carbocycles. The molecule has 0 saturated heterocycles. The van der Waals surface area contributed by atoms with E-state index in [9.17, 15) is 26.4 Å². The van der Waals surface area contributed by atoms with E-state index in [1.165, 1.54) is 30.3 Å². The molecule has 25 heavy (non-hydrogen) atoms. The molecule has 1 amide bonds. The van der Waals surface area contributed by atoms with Gasteiger partial charge in [0.25, 0.3) is 15.9 Å². The smallest absolute Gasteiger partial charge is 0.343 e. The van der Waals surface area contributed by atoms with Crippen molar-refractivity contribution in [2.45, 2.75) is 18.0 Å². The van der Waals surface area contributed by atoms with Crippen LogP contribution in [0.5, 0.6) is 0 Å². The zero-order valence-corrected chi connectivity index (χ0v) is 13.9. The van der Waals surface area contributed by atoms with Crippen LogP contribution in [0.1, 0.15) is 15.9 Å². The fourth-order valence-corrected chi connectivity index (χ4v) is 2.99. The summed E-state index contributed by atoms with van der Waals surface area (Å²) in [6.07, 6.45) is -4.53. The molecule has 0 aliphatic heterocycles. The van der Waals surface area contributed by atoms with Gasteiger partial charge in [-0.1, -0.05) is 23.8 Å². The van der Waals surface area contributed by atoms with E-state index in [0.29, 0.717) is 0 Å². The third kappa shape index (κ3) is 5.49. The van der Waals surface area contributed by atoms with Gasteiger partial charge in [-0.05, 0) is 37.3 Å². The number of nitrogens with one attached hydrogen (secondary N) is 2. The van der Waals surface area contributed by atoms with Gasteiger partial charge < -0.3 is 5.32 Å². The Labute approximate surface area is 142 Å². The lowest BCUT2D eigenvalue weighted by atomic mass is 10.2. The van der Waals surface area contributed by atoms with Crippen LogP contribution in [0.25, 0.3) is 0 Å². The van der Waals surface area contributed by atoms with Gasteiger partial charge >= 0.3 is 6.18 Å². The van der Waals surface area contributed by atoms with Crippen LogP contribution in [0.4, 0.5) is 18.9 Å². The second-order valence-corrected chi connectivity index (χ2v) is 6.98. The molecule has 9 heteroatoms. The number of hydrogen-bond donors (Lipinski definition) is 2. The van der Waals surface area contributed by atoms with Crippen molar-refractivity contribution >= 4 is 21.6 Å². The Morgan fingerprint density at radius 2 is 1.72 bits per heavy atom. The summed E-state index contributed by atoms with van der Waals surface area (Å²) in [7, 11) is -3.87. The number of halogens is 3. The Hall–Kier alpha value is -2.55. The largest absolute Gasteiger partial charge is 0.405 e. The minimum Gasteiger partial charge on any atom is -0.343 e. The van der Waals surface area contributed by atoms with E-state index >= 15 is 0 Å². The normalized spacial score (nSPS) is 11.8. The first-order chi connectivity index (χ1) is 11.6. The number of amides is 1. The standard InChI is InChI=1S/C16H15F3N2O3S/c1-11-5-7-14(8-6-11)25(23,24)21-13-4-2-3-12(9-13)15(22)20-10-16(17,18)19/h2-9,21H,10H2,1H3,(H,20,22). The van der Waals surface area contributed by atoms with Gasteiger partial charge in [0.1, 0.15) is 6.54 Å². The van der Waals surface area contributed by atoms with Crippen LogP contribution in [-0.2, 0) is 10.0 Å². The predicted octanol–water partition coefficient (Wildman–Crippen LogP) is 3.09. The summed E-state index contributed by atoms with van der Waals surface area (Å²) >= 11 is 0. The minimum atomic E-state index is -4.53. The van der Waals surface area contributed by atoms with Crippen LogP contribution in [0.2, 0.25) is 0 Å². The van der Waals surface area contributed by atoms with Crippen molar-refractivity contribution in [1.29, 1.82) is 0 Å². The minimum absolute atomic E-state index is 0.0324. The van der Waals surface area contributed by atoms with Gasteiger partial charge in [-0.25, -0.2) is 8.42 Å². The molecule has 134 valence electrons. The SMILES string of the molecule is Cc1ccc(S(=O)(=O)Nc2cccc(C(=O)NCC(F)(F)F)c2)cc1. The summed E-state index contributed by atoms with van der Waals surface area (Å²) in [6.45, 7) is 0.345. The van der Waals surface area contributed by atoms with Crippen LogP contribution in [0.15, 0.2) is 53.4 Å². The molecular weight excluding hydrogens is 357 g/mol. The number of sulfonamides is 1. The number of hydrogen-bond acceptors (Lipinski definition) is 3. The van der Waals surface area contributed by atoms with Crippen LogP contribution < -0.4 is 10.0 Å². The fraction of sp³-hybridized carbons (Fsp3) is 0.188. The Morgan fingerprint density at radius 3 is 2.32 bits per heavy atom. The number of alkyl halides is 3. The third-order valence-corrected chi connectivity index (χ3v) is 4.55. The first-order valence-electron chi connectivity index (χ1n) is 7.11. The van der Waals surface area contributed by atoms with Crippen LogP contribution in [0.3, 0.4) is 0 Å². The van der Waals surface area contributed by atoms with E-state index in [2.05, 4.69) is 4.72 Å². The Kier molecular flexibility index (Phi) is 5.36. The molecule has 0 spiro atoms. The van der Waals surface area contributed by atoms with E-state index in [4.69, 9.17) is 0 Å². The number of carbonyl (C=O) groups is 1. The molecule has 0 unspecified atom stereocenters. The maximum Gasteiger partial charge on any atom is 0.405 e. The molecule has 2 N–H and O–H groups in total. The number of anilines is 1.